The van der Waals surface area contributed by atoms with Crippen LogP contribution < -0.4 is 10.2 Å². The number of halogens is 1. The van der Waals surface area contributed by atoms with Crippen molar-refractivity contribution in [3.63, 3.8) is 0 Å². The molecule has 0 spiro atoms. The Morgan fingerprint density at radius 1 is 0.969 bits per heavy atom. The van der Waals surface area contributed by atoms with Crippen molar-refractivity contribution in [2.75, 3.05) is 24.5 Å². The van der Waals surface area contributed by atoms with E-state index >= 15 is 0 Å². The second-order valence-corrected chi connectivity index (χ2v) is 10.5. The van der Waals surface area contributed by atoms with Gasteiger partial charge in [0.15, 0.2) is 0 Å². The standard InChI is InChI=1S/C23H26ClN3O4S/c24-18-6-8-19(9-7-18)27-15-12-21(23(27)29)22(28)25-16-17-4-10-20(11-5-17)32(30,31)26-13-2-1-3-14-26/h4-11,21H,1-3,12-16H2,(H,25,28). The Morgan fingerprint density at radius 2 is 1.62 bits per heavy atom. The van der Waals surface area contributed by atoms with E-state index in [-0.39, 0.29) is 23.3 Å². The van der Waals surface area contributed by atoms with Crippen LogP contribution in [-0.2, 0) is 26.2 Å². The zero-order valence-corrected chi connectivity index (χ0v) is 19.2. The average molecular weight is 476 g/mol. The van der Waals surface area contributed by atoms with Crippen molar-refractivity contribution in [3.8, 4) is 0 Å². The maximum absolute atomic E-state index is 12.7. The van der Waals surface area contributed by atoms with Crippen molar-refractivity contribution in [1.82, 2.24) is 9.62 Å². The zero-order valence-electron chi connectivity index (χ0n) is 17.7. The molecule has 2 amide bonds. The summed E-state index contributed by atoms with van der Waals surface area (Å²) in [5.41, 5.74) is 1.50. The SMILES string of the molecule is O=C(NCc1ccc(S(=O)(=O)N2CCCCC2)cc1)C1CCN(c2ccc(Cl)cc2)C1=O. The molecule has 2 aromatic carbocycles. The van der Waals surface area contributed by atoms with Crippen LogP contribution in [0.4, 0.5) is 5.69 Å². The van der Waals surface area contributed by atoms with Gasteiger partial charge in [0, 0.05) is 36.9 Å². The third-order valence-electron chi connectivity index (χ3n) is 6.00. The average Bonchev–Trinajstić information content (AvgIpc) is 3.20. The van der Waals surface area contributed by atoms with Gasteiger partial charge in [0.05, 0.1) is 4.90 Å². The summed E-state index contributed by atoms with van der Waals surface area (Å²) in [5.74, 6) is -1.28. The number of carbonyl (C=O) groups is 2. The molecule has 0 aliphatic carbocycles. The number of piperidine rings is 1. The normalized spacial score (nSPS) is 19.8. The Labute approximate surface area is 193 Å². The molecule has 2 heterocycles. The quantitative estimate of drug-likeness (QED) is 0.650. The molecule has 1 N–H and O–H groups in total. The molecule has 1 atom stereocenters. The van der Waals surface area contributed by atoms with Gasteiger partial charge in [-0.2, -0.15) is 4.31 Å². The minimum absolute atomic E-state index is 0.229. The number of sulfonamides is 1. The van der Waals surface area contributed by atoms with Crippen LogP contribution in [-0.4, -0.2) is 44.2 Å². The smallest absolute Gasteiger partial charge is 0.243 e. The van der Waals surface area contributed by atoms with E-state index in [1.807, 2.05) is 0 Å². The molecule has 9 heteroatoms. The summed E-state index contributed by atoms with van der Waals surface area (Å²) in [6.07, 6.45) is 3.28. The number of nitrogens with one attached hydrogen (secondary N) is 1. The van der Waals surface area contributed by atoms with E-state index in [9.17, 15) is 18.0 Å². The predicted octanol–water partition coefficient (Wildman–Crippen LogP) is 3.18. The van der Waals surface area contributed by atoms with E-state index in [4.69, 9.17) is 11.6 Å². The van der Waals surface area contributed by atoms with Gasteiger partial charge in [-0.15, -0.1) is 0 Å². The third-order valence-corrected chi connectivity index (χ3v) is 8.17. The summed E-state index contributed by atoms with van der Waals surface area (Å²) in [6.45, 7) is 1.82. The molecule has 1 unspecified atom stereocenters. The largest absolute Gasteiger partial charge is 0.351 e. The van der Waals surface area contributed by atoms with Gasteiger partial charge >= 0.3 is 0 Å². The number of benzene rings is 2. The van der Waals surface area contributed by atoms with Gasteiger partial charge in [0.2, 0.25) is 21.8 Å². The molecule has 0 bridgehead atoms. The van der Waals surface area contributed by atoms with Crippen molar-refractivity contribution >= 4 is 39.1 Å². The molecule has 2 saturated heterocycles. The Balaban J connectivity index is 1.34. The minimum Gasteiger partial charge on any atom is -0.351 e. The summed E-state index contributed by atoms with van der Waals surface area (Å²) < 4.78 is 27.0. The van der Waals surface area contributed by atoms with Crippen molar-refractivity contribution in [1.29, 1.82) is 0 Å². The summed E-state index contributed by atoms with van der Waals surface area (Å²) >= 11 is 5.90. The van der Waals surface area contributed by atoms with Crippen molar-refractivity contribution in [2.45, 2.75) is 37.1 Å². The fourth-order valence-corrected chi connectivity index (χ4v) is 5.79. The Kier molecular flexibility index (Phi) is 6.83. The molecule has 2 aliphatic heterocycles. The van der Waals surface area contributed by atoms with E-state index in [2.05, 4.69) is 5.32 Å². The number of amides is 2. The maximum Gasteiger partial charge on any atom is 0.243 e. The van der Waals surface area contributed by atoms with Gasteiger partial charge in [-0.1, -0.05) is 30.2 Å². The first-order valence-electron chi connectivity index (χ1n) is 10.8. The number of hydrogen-bond acceptors (Lipinski definition) is 4. The number of nitrogens with zero attached hydrogens (tertiary/aromatic N) is 2. The highest BCUT2D eigenvalue weighted by Gasteiger charge is 2.37. The van der Waals surface area contributed by atoms with Crippen LogP contribution in [0.2, 0.25) is 5.02 Å². The van der Waals surface area contributed by atoms with Crippen LogP contribution >= 0.6 is 11.6 Å². The molecule has 2 fully saturated rings. The van der Waals surface area contributed by atoms with E-state index in [0.29, 0.717) is 31.1 Å². The molecule has 0 radical (unpaired) electrons. The minimum atomic E-state index is -3.48. The Morgan fingerprint density at radius 3 is 2.28 bits per heavy atom. The summed E-state index contributed by atoms with van der Waals surface area (Å²) in [7, 11) is -3.48. The highest BCUT2D eigenvalue weighted by molar-refractivity contribution is 7.89. The summed E-state index contributed by atoms with van der Waals surface area (Å²) in [6, 6.07) is 13.5. The lowest BCUT2D eigenvalue weighted by Gasteiger charge is -2.25. The zero-order chi connectivity index (χ0) is 22.7. The molecular weight excluding hydrogens is 450 g/mol. The lowest BCUT2D eigenvalue weighted by molar-refractivity contribution is -0.132. The highest BCUT2D eigenvalue weighted by Crippen LogP contribution is 2.27. The first-order valence-corrected chi connectivity index (χ1v) is 12.6. The van der Waals surface area contributed by atoms with Crippen molar-refractivity contribution < 1.29 is 18.0 Å². The molecule has 170 valence electrons. The topological polar surface area (TPSA) is 86.8 Å². The predicted molar refractivity (Wildman–Crippen MR) is 123 cm³/mol. The lowest BCUT2D eigenvalue weighted by Crippen LogP contribution is -2.36. The first kappa shape index (κ1) is 22.8. The van der Waals surface area contributed by atoms with Crippen LogP contribution in [0.5, 0.6) is 0 Å². The van der Waals surface area contributed by atoms with Crippen molar-refractivity contribution in [3.05, 3.63) is 59.1 Å². The highest BCUT2D eigenvalue weighted by atomic mass is 35.5. The summed E-state index contributed by atoms with van der Waals surface area (Å²) in [4.78, 5) is 27.2. The van der Waals surface area contributed by atoms with Gasteiger partial charge in [0.25, 0.3) is 0 Å². The molecular formula is C23H26ClN3O4S. The van der Waals surface area contributed by atoms with E-state index in [1.165, 1.54) is 4.31 Å². The van der Waals surface area contributed by atoms with E-state index < -0.39 is 15.9 Å². The fraction of sp³-hybridized carbons (Fsp3) is 0.391. The van der Waals surface area contributed by atoms with Crippen LogP contribution in [0.3, 0.4) is 0 Å². The lowest BCUT2D eigenvalue weighted by atomic mass is 10.1. The molecule has 0 aromatic heterocycles. The number of carbonyl (C=O) groups excluding carboxylic acids is 2. The monoisotopic (exact) mass is 475 g/mol. The van der Waals surface area contributed by atoms with Crippen molar-refractivity contribution in [2.24, 2.45) is 5.92 Å². The second-order valence-electron chi connectivity index (χ2n) is 8.13. The molecule has 0 saturated carbocycles. The summed E-state index contributed by atoms with van der Waals surface area (Å²) in [5, 5.41) is 3.39. The van der Waals surface area contributed by atoms with Gasteiger partial charge in [0.1, 0.15) is 5.92 Å². The molecule has 2 aliphatic rings. The van der Waals surface area contributed by atoms with E-state index in [1.54, 1.807) is 53.4 Å². The molecule has 32 heavy (non-hydrogen) atoms. The maximum atomic E-state index is 12.7. The van der Waals surface area contributed by atoms with Gasteiger partial charge in [-0.3, -0.25) is 9.59 Å². The van der Waals surface area contributed by atoms with Gasteiger partial charge in [-0.05, 0) is 61.2 Å². The van der Waals surface area contributed by atoms with Gasteiger partial charge < -0.3 is 10.2 Å². The molecule has 2 aromatic rings. The Hall–Kier alpha value is -2.42. The van der Waals surface area contributed by atoms with E-state index in [0.717, 1.165) is 30.5 Å². The van der Waals surface area contributed by atoms with Crippen LogP contribution in [0.15, 0.2) is 53.4 Å². The fourth-order valence-electron chi connectivity index (χ4n) is 4.15. The number of hydrogen-bond donors (Lipinski definition) is 1. The molecule has 7 nitrogen and oxygen atoms in total. The first-order chi connectivity index (χ1) is 15.4. The molecule has 4 rings (SSSR count). The Bertz CT molecular complexity index is 1080. The van der Waals surface area contributed by atoms with Crippen LogP contribution in [0.25, 0.3) is 0 Å². The number of rotatable bonds is 6. The van der Waals surface area contributed by atoms with Crippen LogP contribution in [0.1, 0.15) is 31.2 Å². The van der Waals surface area contributed by atoms with Crippen LogP contribution in [0, 0.1) is 5.92 Å². The second kappa shape index (κ2) is 9.60. The third kappa shape index (κ3) is 4.82. The number of anilines is 1. The van der Waals surface area contributed by atoms with Gasteiger partial charge in [-0.25, -0.2) is 8.42 Å².